The third-order valence-electron chi connectivity index (χ3n) is 4.14. The number of thiazole rings is 1. The zero-order chi connectivity index (χ0) is 14.7. The van der Waals surface area contributed by atoms with Crippen LogP contribution in [-0.2, 0) is 13.0 Å². The van der Waals surface area contributed by atoms with E-state index in [4.69, 9.17) is 10.7 Å². The van der Waals surface area contributed by atoms with Crippen LogP contribution in [0.25, 0.3) is 0 Å². The number of hydrogen-bond donors (Lipinski definition) is 1. The molecule has 1 aromatic carbocycles. The summed E-state index contributed by atoms with van der Waals surface area (Å²) in [7, 11) is 0. The maximum Gasteiger partial charge on any atom is 0.0972 e. The molecule has 2 aromatic rings. The molecule has 3 nitrogen and oxygen atoms in total. The van der Waals surface area contributed by atoms with Crippen LogP contribution in [0.2, 0.25) is 0 Å². The summed E-state index contributed by atoms with van der Waals surface area (Å²) in [5.74, 6) is 0.602. The molecule has 2 N–H and O–H groups in total. The van der Waals surface area contributed by atoms with E-state index in [0.717, 1.165) is 25.2 Å². The van der Waals surface area contributed by atoms with Crippen LogP contribution >= 0.6 is 36.2 Å². The summed E-state index contributed by atoms with van der Waals surface area (Å²) in [6, 6.07) is 8.24. The van der Waals surface area contributed by atoms with Gasteiger partial charge in [0.05, 0.1) is 10.7 Å². The molecule has 1 atom stereocenters. The molecule has 1 aromatic heterocycles. The van der Waals surface area contributed by atoms with Gasteiger partial charge in [0.15, 0.2) is 0 Å². The summed E-state index contributed by atoms with van der Waals surface area (Å²) >= 11 is 1.83. The topological polar surface area (TPSA) is 42.1 Å². The summed E-state index contributed by atoms with van der Waals surface area (Å²) < 4.78 is 0. The minimum Gasteiger partial charge on any atom is -0.399 e. The van der Waals surface area contributed by atoms with E-state index in [1.54, 1.807) is 0 Å². The van der Waals surface area contributed by atoms with E-state index in [1.807, 2.05) is 23.5 Å². The number of benzene rings is 1. The molecule has 0 radical (unpaired) electrons. The van der Waals surface area contributed by atoms with Gasteiger partial charge in [0.1, 0.15) is 0 Å². The number of nitrogen functional groups attached to an aromatic ring is 1. The first-order chi connectivity index (χ1) is 10.2. The van der Waals surface area contributed by atoms with Crippen molar-refractivity contribution in [2.75, 3.05) is 18.8 Å². The number of halogens is 2. The molecule has 3 rings (SSSR count). The van der Waals surface area contributed by atoms with Crippen molar-refractivity contribution in [1.29, 1.82) is 0 Å². The Hall–Kier alpha value is -0.810. The Labute approximate surface area is 155 Å². The number of likely N-dealkylation sites (tertiary alicyclic amines) is 1. The smallest absolute Gasteiger partial charge is 0.0972 e. The highest BCUT2D eigenvalue weighted by atomic mass is 35.5. The molecule has 2 heterocycles. The molecule has 0 amide bonds. The lowest BCUT2D eigenvalue weighted by Gasteiger charge is -2.31. The second-order valence-electron chi connectivity index (χ2n) is 5.85. The molecular formula is C17H25Cl2N3S. The molecule has 1 fully saturated rings. The van der Waals surface area contributed by atoms with Crippen LogP contribution in [0.3, 0.4) is 0 Å². The van der Waals surface area contributed by atoms with Gasteiger partial charge in [-0.2, -0.15) is 0 Å². The molecule has 0 saturated carbocycles. The average Bonchev–Trinajstić information content (AvgIpc) is 2.96. The highest BCUT2D eigenvalue weighted by Gasteiger charge is 2.23. The largest absolute Gasteiger partial charge is 0.399 e. The minimum atomic E-state index is 0. The van der Waals surface area contributed by atoms with E-state index in [-0.39, 0.29) is 24.8 Å². The van der Waals surface area contributed by atoms with Gasteiger partial charge in [-0.25, -0.2) is 4.98 Å². The minimum absolute atomic E-state index is 0. The summed E-state index contributed by atoms with van der Waals surface area (Å²) in [6.07, 6.45) is 3.56. The number of aryl methyl sites for hydroxylation is 1. The summed E-state index contributed by atoms with van der Waals surface area (Å²) in [5.41, 5.74) is 9.28. The van der Waals surface area contributed by atoms with E-state index in [1.165, 1.54) is 35.7 Å². The van der Waals surface area contributed by atoms with Crippen molar-refractivity contribution < 1.29 is 0 Å². The van der Waals surface area contributed by atoms with Crippen LogP contribution in [0.5, 0.6) is 0 Å². The predicted octanol–water partition coefficient (Wildman–Crippen LogP) is 4.51. The fourth-order valence-electron chi connectivity index (χ4n) is 3.02. The van der Waals surface area contributed by atoms with Crippen molar-refractivity contribution in [3.63, 3.8) is 0 Å². The van der Waals surface area contributed by atoms with Crippen molar-refractivity contribution in [3.05, 3.63) is 45.9 Å². The zero-order valence-corrected chi connectivity index (χ0v) is 15.9. The molecular weight excluding hydrogens is 349 g/mol. The summed E-state index contributed by atoms with van der Waals surface area (Å²) in [4.78, 5) is 7.32. The number of nitrogens with two attached hydrogens (primary N) is 1. The summed E-state index contributed by atoms with van der Waals surface area (Å²) in [6.45, 7) is 5.46. The Morgan fingerprint density at radius 2 is 2.17 bits per heavy atom. The van der Waals surface area contributed by atoms with E-state index < -0.39 is 0 Å². The van der Waals surface area contributed by atoms with Crippen molar-refractivity contribution >= 4 is 41.8 Å². The number of nitrogens with zero attached hydrogens (tertiary/aromatic N) is 2. The average molecular weight is 374 g/mol. The quantitative estimate of drug-likeness (QED) is 0.801. The van der Waals surface area contributed by atoms with Crippen molar-refractivity contribution in [1.82, 2.24) is 9.88 Å². The second-order valence-corrected chi connectivity index (χ2v) is 6.74. The maximum atomic E-state index is 5.87. The lowest BCUT2D eigenvalue weighted by Crippen LogP contribution is -2.33. The molecule has 1 saturated heterocycles. The third-order valence-corrected chi connectivity index (χ3v) is 5.20. The van der Waals surface area contributed by atoms with Gasteiger partial charge in [-0.3, -0.25) is 4.90 Å². The van der Waals surface area contributed by atoms with E-state index in [2.05, 4.69) is 29.3 Å². The molecule has 128 valence electrons. The van der Waals surface area contributed by atoms with Crippen LogP contribution < -0.4 is 5.73 Å². The molecule has 6 heteroatoms. The Morgan fingerprint density at radius 1 is 1.35 bits per heavy atom. The van der Waals surface area contributed by atoms with Crippen molar-refractivity contribution in [2.45, 2.75) is 38.6 Å². The van der Waals surface area contributed by atoms with Gasteiger partial charge in [-0.1, -0.05) is 19.1 Å². The Kier molecular flexibility index (Phi) is 8.34. The van der Waals surface area contributed by atoms with Crippen LogP contribution in [0.4, 0.5) is 5.69 Å². The Bertz CT molecular complexity index is 603. The van der Waals surface area contributed by atoms with Gasteiger partial charge < -0.3 is 5.73 Å². The van der Waals surface area contributed by atoms with E-state index in [0.29, 0.717) is 5.92 Å². The SMILES string of the molecule is CCc1csc(C2CCCN(Cc3cccc(N)c3)C2)n1.Cl.Cl. The summed E-state index contributed by atoms with van der Waals surface area (Å²) in [5, 5.41) is 3.54. The monoisotopic (exact) mass is 373 g/mol. The molecule has 0 spiro atoms. The molecule has 0 aliphatic carbocycles. The van der Waals surface area contributed by atoms with Gasteiger partial charge >= 0.3 is 0 Å². The molecule has 1 aliphatic rings. The first-order valence-electron chi connectivity index (χ1n) is 7.75. The van der Waals surface area contributed by atoms with Crippen LogP contribution in [0, 0.1) is 0 Å². The van der Waals surface area contributed by atoms with Crippen LogP contribution in [-0.4, -0.2) is 23.0 Å². The van der Waals surface area contributed by atoms with Crippen molar-refractivity contribution in [2.24, 2.45) is 0 Å². The molecule has 1 aliphatic heterocycles. The number of anilines is 1. The van der Waals surface area contributed by atoms with Crippen molar-refractivity contribution in [3.8, 4) is 0 Å². The zero-order valence-electron chi connectivity index (χ0n) is 13.4. The standard InChI is InChI=1S/C17H23N3S.2ClH/c1-2-16-12-21-17(19-16)14-6-4-8-20(11-14)10-13-5-3-7-15(18)9-13;;/h3,5,7,9,12,14H,2,4,6,8,10-11,18H2,1H3;2*1H. The van der Waals surface area contributed by atoms with Gasteiger partial charge in [0.2, 0.25) is 0 Å². The molecule has 0 bridgehead atoms. The van der Waals surface area contributed by atoms with Crippen LogP contribution in [0.1, 0.15) is 41.9 Å². The Morgan fingerprint density at radius 3 is 2.87 bits per heavy atom. The third kappa shape index (κ3) is 5.35. The number of rotatable bonds is 4. The van der Waals surface area contributed by atoms with Crippen LogP contribution in [0.15, 0.2) is 29.6 Å². The normalized spacial score (nSPS) is 18.0. The maximum absolute atomic E-state index is 5.87. The van der Waals surface area contributed by atoms with E-state index >= 15 is 0 Å². The Balaban J connectivity index is 0.00000132. The molecule has 1 unspecified atom stereocenters. The predicted molar refractivity (Wildman–Crippen MR) is 104 cm³/mol. The lowest BCUT2D eigenvalue weighted by atomic mass is 9.98. The first kappa shape index (κ1) is 20.2. The van der Waals surface area contributed by atoms with E-state index in [9.17, 15) is 0 Å². The van der Waals surface area contributed by atoms with Gasteiger partial charge in [0, 0.05) is 30.1 Å². The first-order valence-corrected chi connectivity index (χ1v) is 8.63. The fraction of sp³-hybridized carbons (Fsp3) is 0.471. The van der Waals surface area contributed by atoms with Gasteiger partial charge in [-0.15, -0.1) is 36.2 Å². The lowest BCUT2D eigenvalue weighted by molar-refractivity contribution is 0.200. The number of piperidine rings is 1. The van der Waals surface area contributed by atoms with Gasteiger partial charge in [0.25, 0.3) is 0 Å². The second kappa shape index (κ2) is 9.48. The molecule has 23 heavy (non-hydrogen) atoms. The number of aromatic nitrogens is 1. The highest BCUT2D eigenvalue weighted by molar-refractivity contribution is 7.09. The van der Waals surface area contributed by atoms with Gasteiger partial charge in [-0.05, 0) is 43.5 Å². The fourth-order valence-corrected chi connectivity index (χ4v) is 4.05. The number of hydrogen-bond acceptors (Lipinski definition) is 4. The highest BCUT2D eigenvalue weighted by Crippen LogP contribution is 2.30.